The molecule has 2 rings (SSSR count). The highest BCUT2D eigenvalue weighted by Crippen LogP contribution is 2.19. The minimum atomic E-state index is -3.57. The summed E-state index contributed by atoms with van der Waals surface area (Å²) in [4.78, 5) is 2.12. The van der Waals surface area contributed by atoms with Gasteiger partial charge in [0.15, 0.2) is 0 Å². The van der Waals surface area contributed by atoms with E-state index in [0.717, 1.165) is 4.47 Å². The van der Waals surface area contributed by atoms with Gasteiger partial charge in [0, 0.05) is 10.0 Å². The summed E-state index contributed by atoms with van der Waals surface area (Å²) in [5.74, 6) is -0.139. The van der Waals surface area contributed by atoms with E-state index in [1.54, 1.807) is 36.4 Å². The zero-order valence-corrected chi connectivity index (χ0v) is 13.3. The Hall–Kier alpha value is -1.86. The summed E-state index contributed by atoms with van der Waals surface area (Å²) in [6.45, 7) is 0. The standard InChI is InChI=1S/C14H13BrN2O3S/c15-13-6-7-14(18)12(8-13)9-16-17-21(19,20)10-11-4-2-1-3-5-11/h1-9,17-18H,10H2/b16-9-. The van der Waals surface area contributed by atoms with Crippen LogP contribution in [0.15, 0.2) is 58.1 Å². The molecular weight excluding hydrogens is 356 g/mol. The summed E-state index contributed by atoms with van der Waals surface area (Å²) in [6, 6.07) is 13.6. The van der Waals surface area contributed by atoms with Crippen molar-refractivity contribution in [1.82, 2.24) is 4.83 Å². The monoisotopic (exact) mass is 368 g/mol. The Morgan fingerprint density at radius 3 is 2.62 bits per heavy atom. The summed E-state index contributed by atoms with van der Waals surface area (Å²) < 4.78 is 24.4. The van der Waals surface area contributed by atoms with Gasteiger partial charge in [-0.05, 0) is 23.8 Å². The maximum absolute atomic E-state index is 11.8. The Labute approximate surface area is 131 Å². The lowest BCUT2D eigenvalue weighted by Crippen LogP contribution is -2.20. The van der Waals surface area contributed by atoms with Crippen LogP contribution in [0.4, 0.5) is 0 Å². The first kappa shape index (κ1) is 15.5. The second-order valence-corrected chi connectivity index (χ2v) is 6.91. The molecule has 0 saturated heterocycles. The third-order valence-corrected chi connectivity index (χ3v) is 4.17. The van der Waals surface area contributed by atoms with Crippen LogP contribution in [0, 0.1) is 0 Å². The average molecular weight is 369 g/mol. The number of nitrogens with one attached hydrogen (secondary N) is 1. The fourth-order valence-corrected chi connectivity index (χ4v) is 2.92. The van der Waals surface area contributed by atoms with E-state index in [4.69, 9.17) is 0 Å². The van der Waals surface area contributed by atoms with E-state index in [2.05, 4.69) is 25.9 Å². The summed E-state index contributed by atoms with van der Waals surface area (Å²) in [5.41, 5.74) is 1.08. The molecule has 0 amide bonds. The van der Waals surface area contributed by atoms with Crippen LogP contribution in [0.5, 0.6) is 5.75 Å². The minimum absolute atomic E-state index is 0.0178. The van der Waals surface area contributed by atoms with Gasteiger partial charge in [0.2, 0.25) is 0 Å². The van der Waals surface area contributed by atoms with Crippen molar-refractivity contribution in [3.05, 3.63) is 64.1 Å². The van der Waals surface area contributed by atoms with Crippen LogP contribution >= 0.6 is 15.9 Å². The van der Waals surface area contributed by atoms with Crippen molar-refractivity contribution in [3.63, 3.8) is 0 Å². The van der Waals surface area contributed by atoms with Gasteiger partial charge < -0.3 is 5.11 Å². The second kappa shape index (κ2) is 6.73. The normalized spacial score (nSPS) is 11.7. The van der Waals surface area contributed by atoms with Gasteiger partial charge in [-0.2, -0.15) is 5.10 Å². The first-order valence-corrected chi connectivity index (χ1v) is 8.46. The zero-order chi connectivity index (χ0) is 15.3. The zero-order valence-electron chi connectivity index (χ0n) is 10.9. The molecule has 0 spiro atoms. The lowest BCUT2D eigenvalue weighted by molar-refractivity contribution is 0.474. The molecule has 21 heavy (non-hydrogen) atoms. The Morgan fingerprint density at radius 2 is 1.90 bits per heavy atom. The number of aromatic hydroxyl groups is 1. The molecule has 0 aliphatic rings. The van der Waals surface area contributed by atoms with E-state index in [1.165, 1.54) is 12.3 Å². The Bertz CT molecular complexity index is 746. The third-order valence-electron chi connectivity index (χ3n) is 2.58. The van der Waals surface area contributed by atoms with Crippen LogP contribution in [0.25, 0.3) is 0 Å². The van der Waals surface area contributed by atoms with Crippen molar-refractivity contribution < 1.29 is 13.5 Å². The number of nitrogens with zero attached hydrogens (tertiary/aromatic N) is 1. The molecule has 5 nitrogen and oxygen atoms in total. The largest absolute Gasteiger partial charge is 0.507 e. The fourth-order valence-electron chi connectivity index (χ4n) is 1.63. The highest BCUT2D eigenvalue weighted by molar-refractivity contribution is 9.10. The van der Waals surface area contributed by atoms with E-state index in [-0.39, 0.29) is 11.5 Å². The van der Waals surface area contributed by atoms with Crippen molar-refractivity contribution in [2.75, 3.05) is 0 Å². The molecule has 7 heteroatoms. The van der Waals surface area contributed by atoms with Gasteiger partial charge >= 0.3 is 0 Å². The lowest BCUT2D eigenvalue weighted by atomic mass is 10.2. The summed E-state index contributed by atoms with van der Waals surface area (Å²) in [5, 5.41) is 13.3. The number of rotatable bonds is 5. The van der Waals surface area contributed by atoms with Crippen LogP contribution in [0.3, 0.4) is 0 Å². The molecule has 0 bridgehead atoms. The Balaban J connectivity index is 2.04. The second-order valence-electron chi connectivity index (χ2n) is 4.30. The quantitative estimate of drug-likeness (QED) is 0.628. The molecule has 0 aliphatic carbocycles. The van der Waals surface area contributed by atoms with Crippen LogP contribution < -0.4 is 4.83 Å². The molecule has 110 valence electrons. The van der Waals surface area contributed by atoms with Gasteiger partial charge in [0.25, 0.3) is 10.0 Å². The highest BCUT2D eigenvalue weighted by Gasteiger charge is 2.09. The number of phenolic OH excluding ortho intramolecular Hbond substituents is 1. The summed E-state index contributed by atoms with van der Waals surface area (Å²) in [6.07, 6.45) is 1.25. The van der Waals surface area contributed by atoms with E-state index >= 15 is 0 Å². The topological polar surface area (TPSA) is 78.8 Å². The van der Waals surface area contributed by atoms with Crippen LogP contribution in [-0.2, 0) is 15.8 Å². The fraction of sp³-hybridized carbons (Fsp3) is 0.0714. The number of hydrogen-bond donors (Lipinski definition) is 2. The average Bonchev–Trinajstić information content (AvgIpc) is 2.43. The highest BCUT2D eigenvalue weighted by atomic mass is 79.9. The molecule has 0 radical (unpaired) electrons. The van der Waals surface area contributed by atoms with Crippen molar-refractivity contribution in [2.45, 2.75) is 5.75 Å². The molecule has 0 unspecified atom stereocenters. The first-order valence-electron chi connectivity index (χ1n) is 6.01. The third kappa shape index (κ3) is 4.87. The maximum Gasteiger partial charge on any atom is 0.251 e. The van der Waals surface area contributed by atoms with Crippen LogP contribution in [0.1, 0.15) is 11.1 Å². The van der Waals surface area contributed by atoms with Crippen molar-refractivity contribution in [3.8, 4) is 5.75 Å². The van der Waals surface area contributed by atoms with Gasteiger partial charge in [0.05, 0.1) is 12.0 Å². The Kier molecular flexibility index (Phi) is 4.98. The maximum atomic E-state index is 11.8. The van der Waals surface area contributed by atoms with E-state index in [9.17, 15) is 13.5 Å². The number of halogens is 1. The SMILES string of the molecule is O=S(=O)(Cc1ccccc1)N/N=C\c1cc(Br)ccc1O. The molecule has 2 aromatic carbocycles. The number of hydrogen-bond acceptors (Lipinski definition) is 4. The van der Waals surface area contributed by atoms with E-state index in [1.807, 2.05) is 6.07 Å². The predicted molar refractivity (Wildman–Crippen MR) is 85.6 cm³/mol. The van der Waals surface area contributed by atoms with E-state index < -0.39 is 10.0 Å². The van der Waals surface area contributed by atoms with Crippen LogP contribution in [-0.4, -0.2) is 19.7 Å². The van der Waals surface area contributed by atoms with Gasteiger partial charge in [-0.1, -0.05) is 46.3 Å². The summed E-state index contributed by atoms with van der Waals surface area (Å²) >= 11 is 3.26. The van der Waals surface area contributed by atoms with Crippen molar-refractivity contribution in [2.24, 2.45) is 5.10 Å². The molecule has 0 saturated carbocycles. The smallest absolute Gasteiger partial charge is 0.251 e. The lowest BCUT2D eigenvalue weighted by Gasteiger charge is -2.03. The molecule has 0 aromatic heterocycles. The summed E-state index contributed by atoms with van der Waals surface area (Å²) in [7, 11) is -3.57. The van der Waals surface area contributed by atoms with Gasteiger partial charge in [-0.3, -0.25) is 0 Å². The molecule has 2 N–H and O–H groups in total. The molecule has 0 aliphatic heterocycles. The molecule has 0 fully saturated rings. The predicted octanol–water partition coefficient (Wildman–Crippen LogP) is 2.61. The number of hydrazone groups is 1. The number of phenols is 1. The van der Waals surface area contributed by atoms with Crippen molar-refractivity contribution in [1.29, 1.82) is 0 Å². The van der Waals surface area contributed by atoms with Gasteiger partial charge in [0.1, 0.15) is 5.75 Å². The first-order chi connectivity index (χ1) is 9.96. The minimum Gasteiger partial charge on any atom is -0.507 e. The van der Waals surface area contributed by atoms with Crippen molar-refractivity contribution >= 4 is 32.2 Å². The van der Waals surface area contributed by atoms with Gasteiger partial charge in [-0.25, -0.2) is 13.2 Å². The molecular formula is C14H13BrN2O3S. The Morgan fingerprint density at radius 1 is 1.19 bits per heavy atom. The molecule has 0 atom stereocenters. The molecule has 0 heterocycles. The van der Waals surface area contributed by atoms with E-state index in [0.29, 0.717) is 11.1 Å². The van der Waals surface area contributed by atoms with Crippen LogP contribution in [0.2, 0.25) is 0 Å². The van der Waals surface area contributed by atoms with Gasteiger partial charge in [-0.15, -0.1) is 0 Å². The molecule has 2 aromatic rings. The number of sulfonamides is 1. The number of benzene rings is 2.